The second kappa shape index (κ2) is 9.27. The SMILES string of the molecule is COc1ccc(C(=O)NCC(=O)NN=C(C)c2csc3ccc(O)cc23)cc1OC. The number of phenolic OH excluding ortho intramolecular Hbond substituents is 1. The van der Waals surface area contributed by atoms with Gasteiger partial charge >= 0.3 is 0 Å². The van der Waals surface area contributed by atoms with Crippen LogP contribution >= 0.6 is 11.3 Å². The van der Waals surface area contributed by atoms with Crippen molar-refractivity contribution in [2.45, 2.75) is 6.92 Å². The lowest BCUT2D eigenvalue weighted by molar-refractivity contribution is -0.120. The Kier molecular flexibility index (Phi) is 6.53. The number of benzene rings is 2. The highest BCUT2D eigenvalue weighted by Crippen LogP contribution is 2.29. The average molecular weight is 427 g/mol. The van der Waals surface area contributed by atoms with Crippen LogP contribution in [0, 0.1) is 0 Å². The number of rotatable bonds is 7. The number of amides is 2. The Morgan fingerprint density at radius 2 is 1.87 bits per heavy atom. The van der Waals surface area contributed by atoms with Gasteiger partial charge in [0.05, 0.1) is 26.5 Å². The van der Waals surface area contributed by atoms with Crippen molar-refractivity contribution in [2.24, 2.45) is 5.10 Å². The number of nitrogens with zero attached hydrogens (tertiary/aromatic N) is 1. The van der Waals surface area contributed by atoms with Crippen molar-refractivity contribution in [3.63, 3.8) is 0 Å². The summed E-state index contributed by atoms with van der Waals surface area (Å²) in [6.45, 7) is 1.52. The van der Waals surface area contributed by atoms with Crippen LogP contribution in [-0.2, 0) is 4.79 Å². The van der Waals surface area contributed by atoms with Crippen LogP contribution in [-0.4, -0.2) is 43.4 Å². The third kappa shape index (κ3) is 4.69. The maximum atomic E-state index is 12.3. The van der Waals surface area contributed by atoms with E-state index in [1.807, 2.05) is 11.4 Å². The van der Waals surface area contributed by atoms with E-state index < -0.39 is 11.8 Å². The van der Waals surface area contributed by atoms with E-state index in [1.165, 1.54) is 31.6 Å². The Bertz CT molecular complexity index is 1120. The molecule has 0 unspecified atom stereocenters. The molecule has 3 N–H and O–H groups in total. The number of hydrogen-bond donors (Lipinski definition) is 3. The number of carbonyl (C=O) groups is 2. The van der Waals surface area contributed by atoms with Gasteiger partial charge < -0.3 is 19.9 Å². The molecule has 0 spiro atoms. The number of methoxy groups -OCH3 is 2. The summed E-state index contributed by atoms with van der Waals surface area (Å²) in [5.41, 5.74) is 4.18. The van der Waals surface area contributed by atoms with Gasteiger partial charge in [-0.1, -0.05) is 0 Å². The Hall–Kier alpha value is -3.59. The number of fused-ring (bicyclic) bond motifs is 1. The van der Waals surface area contributed by atoms with Crippen LogP contribution in [0.3, 0.4) is 0 Å². The summed E-state index contributed by atoms with van der Waals surface area (Å²) in [5, 5.41) is 19.1. The fourth-order valence-corrected chi connectivity index (χ4v) is 3.77. The standard InChI is InChI=1S/C21H21N3O5S/c1-12(16-11-30-19-7-5-14(25)9-15(16)19)23-24-20(26)10-22-21(27)13-4-6-17(28-2)18(8-13)29-3/h4-9,11,25H,10H2,1-3H3,(H,22,27)(H,24,26). The Labute approximate surface area is 177 Å². The van der Waals surface area contributed by atoms with Crippen molar-refractivity contribution in [2.75, 3.05) is 20.8 Å². The monoisotopic (exact) mass is 427 g/mol. The third-order valence-corrected chi connectivity index (χ3v) is 5.31. The lowest BCUT2D eigenvalue weighted by Crippen LogP contribution is -2.35. The van der Waals surface area contributed by atoms with Crippen molar-refractivity contribution < 1.29 is 24.2 Å². The zero-order valence-corrected chi connectivity index (χ0v) is 17.5. The van der Waals surface area contributed by atoms with Crippen LogP contribution in [0.1, 0.15) is 22.8 Å². The van der Waals surface area contributed by atoms with E-state index in [0.717, 1.165) is 15.6 Å². The zero-order valence-electron chi connectivity index (χ0n) is 16.7. The molecule has 3 aromatic rings. The van der Waals surface area contributed by atoms with Gasteiger partial charge in [0.1, 0.15) is 5.75 Å². The van der Waals surface area contributed by atoms with Crippen LogP contribution in [0.15, 0.2) is 46.9 Å². The molecule has 0 fully saturated rings. The molecule has 1 heterocycles. The van der Waals surface area contributed by atoms with Crippen LogP contribution in [0.2, 0.25) is 0 Å². The van der Waals surface area contributed by atoms with E-state index in [9.17, 15) is 14.7 Å². The molecule has 30 heavy (non-hydrogen) atoms. The van der Waals surface area contributed by atoms with Crippen LogP contribution in [0.5, 0.6) is 17.2 Å². The van der Waals surface area contributed by atoms with E-state index in [0.29, 0.717) is 22.8 Å². The minimum atomic E-state index is -0.467. The number of carbonyl (C=O) groups excluding carboxylic acids is 2. The summed E-state index contributed by atoms with van der Waals surface area (Å²) >= 11 is 1.52. The summed E-state index contributed by atoms with van der Waals surface area (Å²) in [7, 11) is 2.98. The van der Waals surface area contributed by atoms with Crippen LogP contribution in [0.4, 0.5) is 0 Å². The first kappa shape index (κ1) is 21.1. The first-order chi connectivity index (χ1) is 14.4. The van der Waals surface area contributed by atoms with Crippen LogP contribution < -0.4 is 20.2 Å². The largest absolute Gasteiger partial charge is 0.508 e. The predicted octanol–water partition coefficient (Wildman–Crippen LogP) is 2.89. The van der Waals surface area contributed by atoms with E-state index >= 15 is 0 Å². The third-order valence-electron chi connectivity index (χ3n) is 4.35. The molecule has 0 aliphatic carbocycles. The summed E-state index contributed by atoms with van der Waals surface area (Å²) < 4.78 is 11.3. The Balaban J connectivity index is 1.60. The molecular formula is C21H21N3O5S. The smallest absolute Gasteiger partial charge is 0.259 e. The van der Waals surface area contributed by atoms with E-state index in [1.54, 1.807) is 31.2 Å². The molecule has 0 saturated carbocycles. The van der Waals surface area contributed by atoms with E-state index in [2.05, 4.69) is 15.8 Å². The highest BCUT2D eigenvalue weighted by atomic mass is 32.1. The second-order valence-electron chi connectivity index (χ2n) is 6.31. The first-order valence-corrected chi connectivity index (χ1v) is 9.85. The number of ether oxygens (including phenoxy) is 2. The van der Waals surface area contributed by atoms with Gasteiger partial charge in [-0.15, -0.1) is 11.3 Å². The summed E-state index contributed by atoms with van der Waals surface area (Å²) in [4.78, 5) is 24.4. The molecule has 3 rings (SSSR count). The van der Waals surface area contributed by atoms with Gasteiger partial charge in [0, 0.05) is 26.6 Å². The summed E-state index contributed by atoms with van der Waals surface area (Å²) in [5.74, 6) is 0.197. The van der Waals surface area contributed by atoms with Gasteiger partial charge in [0.15, 0.2) is 11.5 Å². The quantitative estimate of drug-likeness (QED) is 0.397. The van der Waals surface area contributed by atoms with Gasteiger partial charge in [-0.3, -0.25) is 9.59 Å². The molecule has 0 aliphatic rings. The maximum absolute atomic E-state index is 12.3. The van der Waals surface area contributed by atoms with Crippen molar-refractivity contribution >= 4 is 38.9 Å². The number of thiophene rings is 1. The molecule has 156 valence electrons. The molecule has 8 nitrogen and oxygen atoms in total. The second-order valence-corrected chi connectivity index (χ2v) is 7.23. The molecule has 0 atom stereocenters. The fraction of sp³-hybridized carbons (Fsp3) is 0.190. The van der Waals surface area contributed by atoms with Gasteiger partial charge in [-0.2, -0.15) is 5.10 Å². The van der Waals surface area contributed by atoms with Gasteiger partial charge in [0.2, 0.25) is 0 Å². The van der Waals surface area contributed by atoms with E-state index in [-0.39, 0.29) is 12.3 Å². The minimum absolute atomic E-state index is 0.164. The van der Waals surface area contributed by atoms with Gasteiger partial charge in [-0.05, 0) is 43.3 Å². The lowest BCUT2D eigenvalue weighted by Gasteiger charge is -2.09. The molecule has 1 aromatic heterocycles. The highest BCUT2D eigenvalue weighted by Gasteiger charge is 2.12. The molecule has 0 saturated heterocycles. The number of phenols is 1. The molecule has 0 radical (unpaired) electrons. The normalized spacial score (nSPS) is 11.2. The topological polar surface area (TPSA) is 109 Å². The number of hydrogen-bond acceptors (Lipinski definition) is 7. The van der Waals surface area contributed by atoms with Crippen molar-refractivity contribution in [3.05, 3.63) is 52.9 Å². The van der Waals surface area contributed by atoms with Crippen molar-refractivity contribution in [3.8, 4) is 17.2 Å². The minimum Gasteiger partial charge on any atom is -0.508 e. The zero-order chi connectivity index (χ0) is 21.7. The number of hydrazone groups is 1. The Morgan fingerprint density at radius 3 is 2.60 bits per heavy atom. The summed E-state index contributed by atoms with van der Waals surface area (Å²) in [6.07, 6.45) is 0. The lowest BCUT2D eigenvalue weighted by atomic mass is 10.1. The molecule has 9 heteroatoms. The van der Waals surface area contributed by atoms with Crippen molar-refractivity contribution in [1.29, 1.82) is 0 Å². The molecule has 0 bridgehead atoms. The first-order valence-electron chi connectivity index (χ1n) is 8.97. The molecular weight excluding hydrogens is 406 g/mol. The fourth-order valence-electron chi connectivity index (χ4n) is 2.78. The molecule has 2 aromatic carbocycles. The highest BCUT2D eigenvalue weighted by molar-refractivity contribution is 7.17. The van der Waals surface area contributed by atoms with E-state index in [4.69, 9.17) is 9.47 Å². The summed E-state index contributed by atoms with van der Waals surface area (Å²) in [6, 6.07) is 9.83. The number of aromatic hydroxyl groups is 1. The number of nitrogens with one attached hydrogen (secondary N) is 2. The molecule has 0 aliphatic heterocycles. The maximum Gasteiger partial charge on any atom is 0.259 e. The van der Waals surface area contributed by atoms with Gasteiger partial charge in [-0.25, -0.2) is 5.43 Å². The predicted molar refractivity (Wildman–Crippen MR) is 116 cm³/mol. The van der Waals surface area contributed by atoms with Crippen LogP contribution in [0.25, 0.3) is 10.1 Å². The van der Waals surface area contributed by atoms with Crippen molar-refractivity contribution in [1.82, 2.24) is 10.7 Å². The Morgan fingerprint density at radius 1 is 1.10 bits per heavy atom. The van der Waals surface area contributed by atoms with Gasteiger partial charge in [0.25, 0.3) is 11.8 Å². The molecule has 2 amide bonds. The average Bonchev–Trinajstić information content (AvgIpc) is 3.18.